The maximum atomic E-state index is 13.1. The topological polar surface area (TPSA) is 58.6 Å². The van der Waals surface area contributed by atoms with Crippen molar-refractivity contribution in [3.63, 3.8) is 0 Å². The molecule has 2 aromatic carbocycles. The number of halogens is 1. The third-order valence-electron chi connectivity index (χ3n) is 4.66. The quantitative estimate of drug-likeness (QED) is 0.718. The second-order valence-corrected chi connectivity index (χ2v) is 8.75. The summed E-state index contributed by atoms with van der Waals surface area (Å²) in [5.74, 6) is -0.412. The molecule has 1 aliphatic rings. The molecule has 1 unspecified atom stereocenters. The fraction of sp³-hybridized carbons (Fsp3) is 0.364. The lowest BCUT2D eigenvalue weighted by atomic mass is 9.93. The lowest BCUT2D eigenvalue weighted by Crippen LogP contribution is -2.42. The summed E-state index contributed by atoms with van der Waals surface area (Å²) in [5, 5.41) is 3.32. The van der Waals surface area contributed by atoms with Crippen LogP contribution in [-0.2, 0) is 16.0 Å². The zero-order valence-corrected chi connectivity index (χ0v) is 18.2. The van der Waals surface area contributed by atoms with Crippen LogP contribution < -0.4 is 10.2 Å². The van der Waals surface area contributed by atoms with Gasteiger partial charge < -0.3 is 15.0 Å². The summed E-state index contributed by atoms with van der Waals surface area (Å²) in [6.45, 7) is 6.24. The van der Waals surface area contributed by atoms with E-state index in [1.807, 2.05) is 39.0 Å². The van der Waals surface area contributed by atoms with Gasteiger partial charge in [-0.25, -0.2) is 4.79 Å². The molecule has 0 bridgehead atoms. The van der Waals surface area contributed by atoms with Gasteiger partial charge in [0.15, 0.2) is 0 Å². The lowest BCUT2D eigenvalue weighted by Gasteiger charge is -2.30. The number of rotatable bonds is 3. The molecule has 0 saturated heterocycles. The smallest absolute Gasteiger partial charge is 0.338 e. The molecule has 1 aliphatic heterocycles. The average molecular weight is 445 g/mol. The molecule has 28 heavy (non-hydrogen) atoms. The lowest BCUT2D eigenvalue weighted by molar-refractivity contribution is -0.120. The molecule has 2 aromatic rings. The number of hydrogen-bond acceptors (Lipinski definition) is 4. The fourth-order valence-electron chi connectivity index (χ4n) is 3.26. The molecule has 1 heterocycles. The Bertz CT molecular complexity index is 888. The number of fused-ring (bicyclic) bond motifs is 1. The first-order valence-corrected chi connectivity index (χ1v) is 10.1. The van der Waals surface area contributed by atoms with Crippen molar-refractivity contribution in [3.05, 3.63) is 63.6 Å². The largest absolute Gasteiger partial charge is 0.456 e. The van der Waals surface area contributed by atoms with Gasteiger partial charge in [-0.15, -0.1) is 0 Å². The van der Waals surface area contributed by atoms with Crippen LogP contribution in [0.25, 0.3) is 0 Å². The number of carbonyl (C=O) groups excluding carboxylic acids is 2. The van der Waals surface area contributed by atoms with E-state index in [-0.39, 0.29) is 11.9 Å². The van der Waals surface area contributed by atoms with Gasteiger partial charge in [0.05, 0.1) is 5.56 Å². The predicted octanol–water partition coefficient (Wildman–Crippen LogP) is 4.25. The van der Waals surface area contributed by atoms with Gasteiger partial charge in [-0.1, -0.05) is 28.1 Å². The first-order chi connectivity index (χ1) is 13.2. The molecule has 0 saturated carbocycles. The molecule has 0 fully saturated rings. The highest BCUT2D eigenvalue weighted by molar-refractivity contribution is 9.10. The monoisotopic (exact) mass is 444 g/mol. The number of nitrogens with zero attached hydrogens (tertiary/aromatic N) is 1. The first-order valence-electron chi connectivity index (χ1n) is 9.29. The molecule has 1 N–H and O–H groups in total. The number of carbonyl (C=O) groups is 2. The van der Waals surface area contributed by atoms with Crippen LogP contribution in [0.3, 0.4) is 0 Å². The van der Waals surface area contributed by atoms with Gasteiger partial charge >= 0.3 is 5.97 Å². The molecule has 0 aliphatic carbocycles. The standard InChI is InChI=1S/C22H25BrN2O3/c1-22(2,3)28-21(27)14-8-10-15(11-9-14)25(4)20(26)19-17-6-5-7-18(23)16(17)12-13-24-19/h5-11,19,24H,12-13H2,1-4H3. The van der Waals surface area contributed by atoms with Crippen LogP contribution in [0.4, 0.5) is 5.69 Å². The number of nitrogens with one attached hydrogen (secondary N) is 1. The molecule has 0 aromatic heterocycles. The SMILES string of the molecule is CN(C(=O)C1NCCc2c(Br)cccc21)c1ccc(C(=O)OC(C)(C)C)cc1. The highest BCUT2D eigenvalue weighted by Crippen LogP contribution is 2.31. The minimum absolute atomic E-state index is 0.0379. The summed E-state index contributed by atoms with van der Waals surface area (Å²) in [4.78, 5) is 26.9. The Morgan fingerprint density at radius 2 is 1.82 bits per heavy atom. The van der Waals surface area contributed by atoms with Crippen molar-refractivity contribution in [3.8, 4) is 0 Å². The third-order valence-corrected chi connectivity index (χ3v) is 5.40. The van der Waals surface area contributed by atoms with Gasteiger partial charge in [-0.05, 0) is 68.7 Å². The summed E-state index contributed by atoms with van der Waals surface area (Å²) < 4.78 is 6.42. The number of anilines is 1. The van der Waals surface area contributed by atoms with Crippen LogP contribution in [0.5, 0.6) is 0 Å². The highest BCUT2D eigenvalue weighted by Gasteiger charge is 2.30. The Morgan fingerprint density at radius 1 is 1.14 bits per heavy atom. The molecule has 0 spiro atoms. The molecule has 3 rings (SSSR count). The van der Waals surface area contributed by atoms with E-state index in [4.69, 9.17) is 4.74 Å². The predicted molar refractivity (Wildman–Crippen MR) is 114 cm³/mol. The van der Waals surface area contributed by atoms with Crippen molar-refractivity contribution in [2.45, 2.75) is 38.8 Å². The van der Waals surface area contributed by atoms with E-state index >= 15 is 0 Å². The minimum atomic E-state index is -0.545. The highest BCUT2D eigenvalue weighted by atomic mass is 79.9. The number of esters is 1. The van der Waals surface area contributed by atoms with Crippen LogP contribution in [-0.4, -0.2) is 31.1 Å². The fourth-order valence-corrected chi connectivity index (χ4v) is 3.84. The third kappa shape index (κ3) is 4.45. The van der Waals surface area contributed by atoms with Gasteiger partial charge in [0.25, 0.3) is 0 Å². The second kappa shape index (κ2) is 8.05. The number of benzene rings is 2. The van der Waals surface area contributed by atoms with Gasteiger partial charge in [-0.2, -0.15) is 0 Å². The average Bonchev–Trinajstić information content (AvgIpc) is 2.65. The van der Waals surface area contributed by atoms with Crippen LogP contribution in [0, 0.1) is 0 Å². The van der Waals surface area contributed by atoms with Crippen LogP contribution >= 0.6 is 15.9 Å². The van der Waals surface area contributed by atoms with Crippen molar-refractivity contribution < 1.29 is 14.3 Å². The second-order valence-electron chi connectivity index (χ2n) is 7.89. The summed E-state index contributed by atoms with van der Waals surface area (Å²) in [7, 11) is 1.75. The van der Waals surface area contributed by atoms with E-state index < -0.39 is 11.6 Å². The molecule has 1 amide bonds. The van der Waals surface area contributed by atoms with Crippen LogP contribution in [0.1, 0.15) is 48.3 Å². The van der Waals surface area contributed by atoms with E-state index in [0.29, 0.717) is 5.56 Å². The summed E-state index contributed by atoms with van der Waals surface area (Å²) in [6.07, 6.45) is 0.884. The van der Waals surface area contributed by atoms with Gasteiger partial charge in [0.2, 0.25) is 5.91 Å². The molecule has 148 valence electrons. The molecule has 0 radical (unpaired) electrons. The van der Waals surface area contributed by atoms with Crippen molar-refractivity contribution in [1.29, 1.82) is 0 Å². The van der Waals surface area contributed by atoms with Gasteiger partial charge in [0.1, 0.15) is 11.6 Å². The van der Waals surface area contributed by atoms with E-state index in [1.165, 1.54) is 5.56 Å². The number of amides is 1. The van der Waals surface area contributed by atoms with Gasteiger partial charge in [0, 0.05) is 23.8 Å². The Kier molecular flexibility index (Phi) is 5.91. The Balaban J connectivity index is 1.78. The summed E-state index contributed by atoms with van der Waals surface area (Å²) in [5.41, 5.74) is 2.82. The van der Waals surface area contributed by atoms with Crippen molar-refractivity contribution >= 4 is 33.5 Å². The van der Waals surface area contributed by atoms with E-state index in [9.17, 15) is 9.59 Å². The van der Waals surface area contributed by atoms with E-state index in [0.717, 1.165) is 28.7 Å². The number of likely N-dealkylation sites (N-methyl/N-ethyl adjacent to an activating group) is 1. The number of ether oxygens (including phenoxy) is 1. The van der Waals surface area contributed by atoms with E-state index in [1.54, 1.807) is 36.2 Å². The molecule has 5 nitrogen and oxygen atoms in total. The zero-order valence-electron chi connectivity index (χ0n) is 16.6. The summed E-state index contributed by atoms with van der Waals surface area (Å²) >= 11 is 3.59. The van der Waals surface area contributed by atoms with Crippen molar-refractivity contribution in [2.75, 3.05) is 18.5 Å². The molecule has 1 atom stereocenters. The minimum Gasteiger partial charge on any atom is -0.456 e. The maximum absolute atomic E-state index is 13.1. The molecule has 6 heteroatoms. The summed E-state index contributed by atoms with van der Waals surface area (Å²) in [6, 6.07) is 12.5. The maximum Gasteiger partial charge on any atom is 0.338 e. The normalized spacial score (nSPS) is 16.2. The van der Waals surface area contributed by atoms with Crippen LogP contribution in [0.15, 0.2) is 46.9 Å². The Hall–Kier alpha value is -2.18. The van der Waals surface area contributed by atoms with Crippen molar-refractivity contribution in [1.82, 2.24) is 5.32 Å². The van der Waals surface area contributed by atoms with Crippen LogP contribution in [0.2, 0.25) is 0 Å². The number of hydrogen-bond donors (Lipinski definition) is 1. The molecular formula is C22H25BrN2O3. The first kappa shape index (κ1) is 20.6. The zero-order chi connectivity index (χ0) is 20.5. The Morgan fingerprint density at radius 3 is 2.46 bits per heavy atom. The Labute approximate surface area is 174 Å². The van der Waals surface area contributed by atoms with Gasteiger partial charge in [-0.3, -0.25) is 4.79 Å². The van der Waals surface area contributed by atoms with E-state index in [2.05, 4.69) is 21.2 Å². The molecular weight excluding hydrogens is 420 g/mol. The van der Waals surface area contributed by atoms with Crippen molar-refractivity contribution in [2.24, 2.45) is 0 Å².